The van der Waals surface area contributed by atoms with Crippen LogP contribution in [0.15, 0.2) is 12.3 Å². The molecule has 2 aromatic heterocycles. The Morgan fingerprint density at radius 2 is 1.94 bits per heavy atom. The van der Waals surface area contributed by atoms with Crippen molar-refractivity contribution in [3.8, 4) is 5.88 Å². The third-order valence-corrected chi connectivity index (χ3v) is 4.72. The van der Waals surface area contributed by atoms with Crippen LogP contribution in [-0.2, 0) is 23.1 Å². The Bertz CT molecular complexity index is 919. The van der Waals surface area contributed by atoms with E-state index in [1.807, 2.05) is 20.8 Å². The smallest absolute Gasteiger partial charge is 0.433 e. The highest BCUT2D eigenvalue weighted by Gasteiger charge is 2.39. The lowest BCUT2D eigenvalue weighted by molar-refractivity contribution is -0.152. The monoisotopic (exact) mass is 462 g/mol. The molecular formula is C18H25F3N6O5. The number of ether oxygens (including phenoxy) is 2. The van der Waals surface area contributed by atoms with Gasteiger partial charge in [0.15, 0.2) is 5.69 Å². The molecule has 0 aromatic carbocycles. The van der Waals surface area contributed by atoms with Crippen LogP contribution in [0.1, 0.15) is 32.2 Å². The Morgan fingerprint density at radius 1 is 1.22 bits per heavy atom. The fourth-order valence-corrected chi connectivity index (χ4v) is 2.88. The van der Waals surface area contributed by atoms with E-state index in [1.54, 1.807) is 10.9 Å². The highest BCUT2D eigenvalue weighted by molar-refractivity contribution is 5.34. The molecule has 14 heteroatoms. The lowest BCUT2D eigenvalue weighted by atomic mass is 9.98. The number of rotatable bonds is 6. The lowest BCUT2D eigenvalue weighted by Crippen LogP contribution is -2.56. The zero-order chi connectivity index (χ0) is 23.7. The van der Waals surface area contributed by atoms with Crippen molar-refractivity contribution in [2.45, 2.75) is 63.4 Å². The van der Waals surface area contributed by atoms with Gasteiger partial charge in [0.05, 0.1) is 31.0 Å². The van der Waals surface area contributed by atoms with Crippen LogP contribution >= 0.6 is 0 Å². The molecule has 0 radical (unpaired) electrons. The number of halogens is 3. The van der Waals surface area contributed by atoms with E-state index in [9.17, 15) is 23.4 Å². The molecule has 11 nitrogen and oxygen atoms in total. The number of aliphatic hydroxyl groups is 3. The number of aromatic nitrogens is 5. The number of anilines is 1. The second kappa shape index (κ2) is 9.13. The number of aliphatic hydroxyl groups excluding tert-OH is 3. The summed E-state index contributed by atoms with van der Waals surface area (Å²) in [4.78, 5) is 7.35. The molecule has 0 bridgehead atoms. The van der Waals surface area contributed by atoms with Crippen molar-refractivity contribution in [2.24, 2.45) is 0 Å². The fourth-order valence-electron chi connectivity index (χ4n) is 2.88. The Morgan fingerprint density at radius 3 is 2.53 bits per heavy atom. The van der Waals surface area contributed by atoms with Gasteiger partial charge in [0.2, 0.25) is 11.8 Å². The van der Waals surface area contributed by atoms with Gasteiger partial charge in [-0.1, -0.05) is 5.21 Å². The molecule has 1 aliphatic heterocycles. The summed E-state index contributed by atoms with van der Waals surface area (Å²) in [6, 6.07) is -0.375. The second-order valence-electron chi connectivity index (χ2n) is 8.31. The third kappa shape index (κ3) is 5.62. The normalized spacial score (nSPS) is 24.4. The first-order chi connectivity index (χ1) is 14.9. The minimum absolute atomic E-state index is 0.185. The van der Waals surface area contributed by atoms with Crippen molar-refractivity contribution in [3.63, 3.8) is 0 Å². The molecule has 3 rings (SSSR count). The lowest BCUT2D eigenvalue weighted by Gasteiger charge is -2.37. The molecule has 1 saturated heterocycles. The van der Waals surface area contributed by atoms with Crippen molar-refractivity contribution < 1.29 is 38.0 Å². The number of hydrogen-bond acceptors (Lipinski definition) is 10. The third-order valence-electron chi connectivity index (χ3n) is 4.72. The quantitative estimate of drug-likeness (QED) is 0.473. The van der Waals surface area contributed by atoms with Crippen molar-refractivity contribution in [1.82, 2.24) is 25.0 Å². The fraction of sp³-hybridized carbons (Fsp3) is 0.667. The van der Waals surface area contributed by atoms with Gasteiger partial charge in [-0.15, -0.1) is 5.10 Å². The van der Waals surface area contributed by atoms with Crippen molar-refractivity contribution >= 4 is 5.95 Å². The van der Waals surface area contributed by atoms with Gasteiger partial charge in [-0.2, -0.15) is 18.2 Å². The Balaban J connectivity index is 1.77. The van der Waals surface area contributed by atoms with Crippen LogP contribution in [0.5, 0.6) is 5.88 Å². The molecule has 0 spiro atoms. The van der Waals surface area contributed by atoms with Crippen molar-refractivity contribution in [2.75, 3.05) is 18.5 Å². The summed E-state index contributed by atoms with van der Waals surface area (Å²) in [5, 5.41) is 39.7. The highest BCUT2D eigenvalue weighted by Crippen LogP contribution is 2.31. The van der Waals surface area contributed by atoms with E-state index in [0.29, 0.717) is 11.8 Å². The van der Waals surface area contributed by atoms with Gasteiger partial charge in [-0.3, -0.25) is 0 Å². The summed E-state index contributed by atoms with van der Waals surface area (Å²) in [6.45, 7) is 4.82. The highest BCUT2D eigenvalue weighted by atomic mass is 19.4. The standard InChI is InChI=1S/C18H25F3N6O5/c1-17(2,3)27-5-9(25-26-27)7-32-13-4-12(18(19,20)21)23-16(24-13)22-10-8-31-11(6-28)15(30)14(10)29/h4-5,10-11,14-15,28-30H,6-8H2,1-3H3,(H,22,23,24)/t10-,11+,14+,15-/m0/s1. The summed E-state index contributed by atoms with van der Waals surface area (Å²) >= 11 is 0. The number of alkyl halides is 3. The summed E-state index contributed by atoms with van der Waals surface area (Å²) in [7, 11) is 0. The maximum Gasteiger partial charge on any atom is 0.433 e. The molecule has 2 aromatic rings. The zero-order valence-corrected chi connectivity index (χ0v) is 17.6. The van der Waals surface area contributed by atoms with Crippen LogP contribution in [0.2, 0.25) is 0 Å². The topological polar surface area (TPSA) is 148 Å². The van der Waals surface area contributed by atoms with Crippen LogP contribution < -0.4 is 10.1 Å². The predicted molar refractivity (Wildman–Crippen MR) is 103 cm³/mol. The first-order valence-electron chi connectivity index (χ1n) is 9.74. The largest absolute Gasteiger partial charge is 0.471 e. The maximum absolute atomic E-state index is 13.3. The number of hydrogen-bond donors (Lipinski definition) is 4. The van der Waals surface area contributed by atoms with Crippen LogP contribution in [0.4, 0.5) is 19.1 Å². The molecule has 4 N–H and O–H groups in total. The zero-order valence-electron chi connectivity index (χ0n) is 17.6. The van der Waals surface area contributed by atoms with Gasteiger partial charge >= 0.3 is 6.18 Å². The predicted octanol–water partition coefficient (Wildman–Crippen LogP) is 0.314. The molecule has 0 aliphatic carbocycles. The average molecular weight is 462 g/mol. The van der Waals surface area contributed by atoms with Crippen molar-refractivity contribution in [3.05, 3.63) is 23.7 Å². The van der Waals surface area contributed by atoms with Crippen molar-refractivity contribution in [1.29, 1.82) is 0 Å². The molecule has 32 heavy (non-hydrogen) atoms. The Hall–Kier alpha value is -2.55. The minimum atomic E-state index is -4.78. The van der Waals surface area contributed by atoms with Crippen LogP contribution in [0, 0.1) is 0 Å². The Labute approximate surface area is 181 Å². The van der Waals surface area contributed by atoms with Gasteiger partial charge in [-0.05, 0) is 20.8 Å². The second-order valence-corrected chi connectivity index (χ2v) is 8.31. The summed E-state index contributed by atoms with van der Waals surface area (Å²) in [5.41, 5.74) is -1.21. The minimum Gasteiger partial charge on any atom is -0.471 e. The maximum atomic E-state index is 13.3. The number of nitrogens with zero attached hydrogens (tertiary/aromatic N) is 5. The van der Waals surface area contributed by atoms with Crippen LogP contribution in [-0.4, -0.2) is 77.8 Å². The van der Waals surface area contributed by atoms with Crippen LogP contribution in [0.3, 0.4) is 0 Å². The van der Waals surface area contributed by atoms with E-state index in [1.165, 1.54) is 0 Å². The molecule has 4 atom stereocenters. The SMILES string of the molecule is CC(C)(C)n1cc(COc2cc(C(F)(F)F)nc(N[C@H]3CO[C@H](CO)[C@H](O)[C@@H]3O)n2)nn1. The van der Waals surface area contributed by atoms with Gasteiger partial charge in [0, 0.05) is 6.07 Å². The van der Waals surface area contributed by atoms with Gasteiger partial charge in [0.25, 0.3) is 0 Å². The molecule has 3 heterocycles. The first-order valence-corrected chi connectivity index (χ1v) is 9.74. The van der Waals surface area contributed by atoms with Crippen LogP contribution in [0.25, 0.3) is 0 Å². The molecule has 178 valence electrons. The van der Waals surface area contributed by atoms with Gasteiger partial charge in [0.1, 0.15) is 30.6 Å². The number of nitrogens with one attached hydrogen (secondary N) is 1. The van der Waals surface area contributed by atoms with Gasteiger partial charge < -0.3 is 30.1 Å². The van der Waals surface area contributed by atoms with E-state index < -0.39 is 48.8 Å². The van der Waals surface area contributed by atoms with E-state index >= 15 is 0 Å². The van der Waals surface area contributed by atoms with E-state index in [4.69, 9.17) is 14.6 Å². The molecule has 0 unspecified atom stereocenters. The first kappa shape index (κ1) is 24.1. The molecule has 1 fully saturated rings. The van der Waals surface area contributed by atoms with E-state index in [2.05, 4.69) is 25.6 Å². The summed E-state index contributed by atoms with van der Waals surface area (Å²) in [6.07, 6.45) is -7.06. The van der Waals surface area contributed by atoms with E-state index in [0.717, 1.165) is 0 Å². The molecular weight excluding hydrogens is 437 g/mol. The summed E-state index contributed by atoms with van der Waals surface area (Å²) in [5.74, 6) is -0.851. The average Bonchev–Trinajstić information content (AvgIpc) is 3.19. The Kier molecular flexibility index (Phi) is 6.88. The summed E-state index contributed by atoms with van der Waals surface area (Å²) < 4.78 is 52.1. The molecule has 1 aliphatic rings. The molecule has 0 amide bonds. The van der Waals surface area contributed by atoms with Gasteiger partial charge in [-0.25, -0.2) is 9.67 Å². The molecule has 0 saturated carbocycles. The van der Waals surface area contributed by atoms with E-state index in [-0.39, 0.29) is 24.6 Å².